The second-order valence-corrected chi connectivity index (χ2v) is 11.4. The molecule has 2 aromatic carbocycles. The highest BCUT2D eigenvalue weighted by atomic mass is 32.2. The Morgan fingerprint density at radius 2 is 1.76 bits per heavy atom. The molecule has 1 fully saturated rings. The third kappa shape index (κ3) is 6.00. The third-order valence-corrected chi connectivity index (χ3v) is 9.07. The van der Waals surface area contributed by atoms with Crippen LogP contribution in [0.1, 0.15) is 37.8 Å². The van der Waals surface area contributed by atoms with Crippen LogP contribution in [0.3, 0.4) is 0 Å². The van der Waals surface area contributed by atoms with E-state index in [-0.39, 0.29) is 21.8 Å². The predicted octanol–water partition coefficient (Wildman–Crippen LogP) is 2.54. The molecule has 10 heteroatoms. The summed E-state index contributed by atoms with van der Waals surface area (Å²) >= 11 is 0. The van der Waals surface area contributed by atoms with Crippen molar-refractivity contribution in [1.82, 2.24) is 9.62 Å². The molecule has 0 aliphatic carbocycles. The van der Waals surface area contributed by atoms with E-state index in [0.29, 0.717) is 26.1 Å². The summed E-state index contributed by atoms with van der Waals surface area (Å²) in [6.45, 7) is 5.21. The molecule has 3 rings (SSSR count). The van der Waals surface area contributed by atoms with Crippen molar-refractivity contribution in [3.8, 4) is 0 Å². The molecule has 0 bridgehead atoms. The van der Waals surface area contributed by atoms with Crippen LogP contribution in [0, 0.1) is 5.92 Å². The fraction of sp³-hybridized carbons (Fsp3) is 0.435. The van der Waals surface area contributed by atoms with Gasteiger partial charge >= 0.3 is 16.1 Å². The smallest absolute Gasteiger partial charge is 0.341 e. The average molecular weight is 495 g/mol. The number of piperidine rings is 1. The van der Waals surface area contributed by atoms with Gasteiger partial charge in [0.15, 0.2) is 0 Å². The van der Waals surface area contributed by atoms with Crippen LogP contribution in [0.25, 0.3) is 0 Å². The topological polar surface area (TPSA) is 110 Å². The summed E-state index contributed by atoms with van der Waals surface area (Å²) < 4.78 is 58.5. The molecule has 180 valence electrons. The van der Waals surface area contributed by atoms with Gasteiger partial charge in [0, 0.05) is 19.6 Å². The van der Waals surface area contributed by atoms with Gasteiger partial charge in [-0.2, -0.15) is 12.7 Å². The summed E-state index contributed by atoms with van der Waals surface area (Å²) in [7, 11) is -8.23. The minimum Gasteiger partial charge on any atom is -0.342 e. The fourth-order valence-electron chi connectivity index (χ4n) is 3.90. The maximum Gasteiger partial charge on any atom is 0.341 e. The zero-order chi connectivity index (χ0) is 24.1. The zero-order valence-electron chi connectivity index (χ0n) is 18.9. The first-order valence-corrected chi connectivity index (χ1v) is 13.9. The molecular weight excluding hydrogens is 464 g/mol. The summed E-state index contributed by atoms with van der Waals surface area (Å²) in [4.78, 5) is 12.3. The van der Waals surface area contributed by atoms with Gasteiger partial charge in [-0.1, -0.05) is 44.2 Å². The lowest BCUT2D eigenvalue weighted by Crippen LogP contribution is -2.36. The Morgan fingerprint density at radius 1 is 1.06 bits per heavy atom. The van der Waals surface area contributed by atoms with E-state index in [4.69, 9.17) is 4.18 Å². The minimum atomic E-state index is -4.44. The number of rotatable bonds is 9. The number of hydrogen-bond donors (Lipinski definition) is 1. The van der Waals surface area contributed by atoms with Crippen LogP contribution in [0.15, 0.2) is 58.3 Å². The molecule has 1 heterocycles. The van der Waals surface area contributed by atoms with Crippen LogP contribution in [0.2, 0.25) is 0 Å². The minimum absolute atomic E-state index is 0.00103. The van der Waals surface area contributed by atoms with Crippen LogP contribution in [-0.4, -0.2) is 53.3 Å². The first kappa shape index (κ1) is 25.4. The van der Waals surface area contributed by atoms with Crippen molar-refractivity contribution in [3.05, 3.63) is 59.7 Å². The second-order valence-electron chi connectivity index (χ2n) is 7.92. The molecule has 33 heavy (non-hydrogen) atoms. The van der Waals surface area contributed by atoms with E-state index >= 15 is 0 Å². The molecule has 1 saturated heterocycles. The Balaban J connectivity index is 2.01. The number of benzene rings is 2. The van der Waals surface area contributed by atoms with E-state index in [2.05, 4.69) is 5.32 Å². The summed E-state index contributed by atoms with van der Waals surface area (Å²) in [6, 6.07) is 12.9. The monoisotopic (exact) mass is 494 g/mol. The quantitative estimate of drug-likeness (QED) is 0.534. The number of sulfonamides is 1. The normalized spacial score (nSPS) is 17.1. The summed E-state index contributed by atoms with van der Waals surface area (Å²) in [5, 5.41) is 3.06. The van der Waals surface area contributed by atoms with Gasteiger partial charge in [0.1, 0.15) is 4.90 Å². The van der Waals surface area contributed by atoms with Crippen molar-refractivity contribution in [3.63, 3.8) is 0 Å². The third-order valence-electron chi connectivity index (χ3n) is 5.70. The molecule has 1 aliphatic rings. The van der Waals surface area contributed by atoms with E-state index in [1.807, 2.05) is 30.3 Å². The van der Waals surface area contributed by atoms with E-state index in [9.17, 15) is 21.6 Å². The highest BCUT2D eigenvalue weighted by Crippen LogP contribution is 2.27. The summed E-state index contributed by atoms with van der Waals surface area (Å²) in [5.74, 6) is -1.33. The van der Waals surface area contributed by atoms with Crippen molar-refractivity contribution in [2.45, 2.75) is 42.9 Å². The highest BCUT2D eigenvalue weighted by molar-refractivity contribution is 7.89. The Bertz CT molecular complexity index is 1170. The van der Waals surface area contributed by atoms with Crippen LogP contribution in [0.4, 0.5) is 0 Å². The molecule has 1 N–H and O–H groups in total. The lowest BCUT2D eigenvalue weighted by molar-refractivity contribution is -0.138. The zero-order valence-corrected chi connectivity index (χ0v) is 20.5. The van der Waals surface area contributed by atoms with Crippen LogP contribution in [0.5, 0.6) is 0 Å². The predicted molar refractivity (Wildman–Crippen MR) is 125 cm³/mol. The molecule has 1 aliphatic heterocycles. The van der Waals surface area contributed by atoms with Crippen molar-refractivity contribution in [2.24, 2.45) is 5.92 Å². The van der Waals surface area contributed by atoms with Gasteiger partial charge in [-0.25, -0.2) is 8.42 Å². The molecule has 8 nitrogen and oxygen atoms in total. The Labute approximate surface area is 196 Å². The van der Waals surface area contributed by atoms with Gasteiger partial charge in [-0.15, -0.1) is 0 Å². The van der Waals surface area contributed by atoms with E-state index < -0.39 is 32.0 Å². The van der Waals surface area contributed by atoms with Crippen molar-refractivity contribution >= 4 is 26.1 Å². The molecule has 1 atom stereocenters. The molecule has 0 radical (unpaired) electrons. The first-order chi connectivity index (χ1) is 15.7. The Morgan fingerprint density at radius 3 is 2.36 bits per heavy atom. The number of carbonyl (C=O) groups excluding carboxylic acids is 1. The Kier molecular flexibility index (Phi) is 8.28. The maximum atomic E-state index is 13.1. The Hall–Kier alpha value is -2.27. The average Bonchev–Trinajstić information content (AvgIpc) is 2.80. The molecule has 1 unspecified atom stereocenters. The van der Waals surface area contributed by atoms with E-state index in [1.54, 1.807) is 13.8 Å². The van der Waals surface area contributed by atoms with E-state index in [1.165, 1.54) is 22.5 Å². The summed E-state index contributed by atoms with van der Waals surface area (Å²) in [6.07, 6.45) is 1.48. The fourth-order valence-corrected chi connectivity index (χ4v) is 6.54. The molecule has 0 amide bonds. The van der Waals surface area contributed by atoms with Crippen LogP contribution in [-0.2, 0) is 35.5 Å². The van der Waals surface area contributed by atoms with Gasteiger partial charge in [-0.05, 0) is 55.1 Å². The number of nitrogens with one attached hydrogen (secondary N) is 1. The number of carbonyl (C=O) groups is 1. The van der Waals surface area contributed by atoms with Crippen molar-refractivity contribution < 1.29 is 25.8 Å². The van der Waals surface area contributed by atoms with Gasteiger partial charge in [0.05, 0.1) is 10.8 Å². The van der Waals surface area contributed by atoms with Crippen LogP contribution < -0.4 is 5.32 Å². The molecule has 0 saturated carbocycles. The van der Waals surface area contributed by atoms with Gasteiger partial charge in [-0.3, -0.25) is 4.79 Å². The van der Waals surface area contributed by atoms with E-state index in [0.717, 1.165) is 18.5 Å². The molecule has 2 aromatic rings. The standard InChI is InChI=1S/C23H30N2O6S2/c1-3-25(4-2)32(27,28)21-12-13-22(20(16-21)15-18-9-6-5-7-10-18)33(29,30)31-23(26)19-11-8-14-24-17-19/h5-7,9-10,12-13,16,19,24H,3-4,8,11,14-15,17H2,1-2H3. The van der Waals surface area contributed by atoms with Gasteiger partial charge in [0.2, 0.25) is 10.0 Å². The highest BCUT2D eigenvalue weighted by Gasteiger charge is 2.31. The first-order valence-electron chi connectivity index (χ1n) is 11.0. The SMILES string of the molecule is CCN(CC)S(=O)(=O)c1ccc(S(=O)(=O)OC(=O)C2CCCNC2)c(Cc2ccccc2)c1. The van der Waals surface area contributed by atoms with Crippen molar-refractivity contribution in [2.75, 3.05) is 26.2 Å². The summed E-state index contributed by atoms with van der Waals surface area (Å²) in [5.41, 5.74) is 1.05. The molecule has 0 aromatic heterocycles. The maximum absolute atomic E-state index is 13.1. The van der Waals surface area contributed by atoms with Gasteiger partial charge < -0.3 is 9.50 Å². The van der Waals surface area contributed by atoms with Gasteiger partial charge in [0.25, 0.3) is 0 Å². The van der Waals surface area contributed by atoms with Crippen LogP contribution >= 0.6 is 0 Å². The lowest BCUT2D eigenvalue weighted by Gasteiger charge is -2.22. The lowest BCUT2D eigenvalue weighted by atomic mass is 10.0. The molecule has 0 spiro atoms. The second kappa shape index (κ2) is 10.8. The number of nitrogens with zero attached hydrogens (tertiary/aromatic N) is 1. The number of hydrogen-bond acceptors (Lipinski definition) is 7. The van der Waals surface area contributed by atoms with Crippen molar-refractivity contribution in [1.29, 1.82) is 0 Å². The molecular formula is C23H30N2O6S2. The largest absolute Gasteiger partial charge is 0.342 e.